The van der Waals surface area contributed by atoms with Crippen LogP contribution in [0.1, 0.15) is 49.5 Å². The van der Waals surface area contributed by atoms with Crippen molar-refractivity contribution in [1.29, 1.82) is 0 Å². The van der Waals surface area contributed by atoms with Gasteiger partial charge in [-0.3, -0.25) is 14.4 Å². The third-order valence-electron chi connectivity index (χ3n) is 5.98. The van der Waals surface area contributed by atoms with E-state index in [0.29, 0.717) is 11.3 Å². The smallest absolute Gasteiger partial charge is 0.255 e. The molecule has 0 atom stereocenters. The van der Waals surface area contributed by atoms with Crippen molar-refractivity contribution in [3.63, 3.8) is 0 Å². The molecule has 1 heterocycles. The van der Waals surface area contributed by atoms with Gasteiger partial charge < -0.3 is 21.3 Å². The lowest BCUT2D eigenvalue weighted by Gasteiger charge is -2.30. The number of rotatable bonds is 7. The normalized spacial score (nSPS) is 15.1. The molecular weight excluding hydrogens is 416 g/mol. The van der Waals surface area contributed by atoms with E-state index in [1.54, 1.807) is 24.3 Å². The molecule has 0 aliphatic carbocycles. The maximum atomic E-state index is 12.7. The Labute approximate surface area is 195 Å². The van der Waals surface area contributed by atoms with Crippen molar-refractivity contribution < 1.29 is 14.4 Å². The molecule has 0 saturated carbocycles. The van der Waals surface area contributed by atoms with Gasteiger partial charge in [0.05, 0.1) is 0 Å². The van der Waals surface area contributed by atoms with Crippen molar-refractivity contribution in [3.05, 3.63) is 59.7 Å². The van der Waals surface area contributed by atoms with Crippen LogP contribution < -0.4 is 16.4 Å². The van der Waals surface area contributed by atoms with Gasteiger partial charge in [-0.2, -0.15) is 0 Å². The molecule has 3 amide bonds. The third kappa shape index (κ3) is 7.15. The summed E-state index contributed by atoms with van der Waals surface area (Å²) in [5, 5.41) is 5.76. The Morgan fingerprint density at radius 3 is 2.24 bits per heavy atom. The SMILES string of the molecule is CC(C)(C)C(=O)Nc1cccc(C(=O)Nc2ccc(CCN3CCC(C(N)=O)CC3)cc2)c1. The van der Waals surface area contributed by atoms with Crippen LogP contribution in [0.3, 0.4) is 0 Å². The van der Waals surface area contributed by atoms with Gasteiger partial charge in [0, 0.05) is 34.8 Å². The Hall–Kier alpha value is -3.19. The van der Waals surface area contributed by atoms with Gasteiger partial charge in [-0.15, -0.1) is 0 Å². The predicted octanol–water partition coefficient (Wildman–Crippen LogP) is 3.66. The maximum absolute atomic E-state index is 12.7. The second-order valence-corrected chi connectivity index (χ2v) is 9.70. The van der Waals surface area contributed by atoms with Crippen molar-refractivity contribution in [2.24, 2.45) is 17.1 Å². The van der Waals surface area contributed by atoms with Crippen LogP contribution >= 0.6 is 0 Å². The number of amides is 3. The first-order valence-electron chi connectivity index (χ1n) is 11.5. The van der Waals surface area contributed by atoms with Crippen LogP contribution in [0.25, 0.3) is 0 Å². The molecule has 1 saturated heterocycles. The van der Waals surface area contributed by atoms with E-state index in [-0.39, 0.29) is 23.6 Å². The van der Waals surface area contributed by atoms with Crippen LogP contribution in [0.5, 0.6) is 0 Å². The first-order valence-corrected chi connectivity index (χ1v) is 11.5. The minimum absolute atomic E-state index is 0.0135. The zero-order valence-electron chi connectivity index (χ0n) is 19.7. The zero-order valence-corrected chi connectivity index (χ0v) is 19.7. The molecule has 0 unspecified atom stereocenters. The molecule has 0 radical (unpaired) electrons. The minimum atomic E-state index is -0.514. The summed E-state index contributed by atoms with van der Waals surface area (Å²) in [6, 6.07) is 14.8. The Balaban J connectivity index is 1.51. The summed E-state index contributed by atoms with van der Waals surface area (Å²) in [5.41, 5.74) is 7.87. The van der Waals surface area contributed by atoms with Gasteiger partial charge in [0.2, 0.25) is 11.8 Å². The van der Waals surface area contributed by atoms with Gasteiger partial charge in [-0.05, 0) is 68.2 Å². The van der Waals surface area contributed by atoms with Gasteiger partial charge in [0.1, 0.15) is 0 Å². The molecule has 1 aliphatic rings. The minimum Gasteiger partial charge on any atom is -0.369 e. The maximum Gasteiger partial charge on any atom is 0.255 e. The number of nitrogens with zero attached hydrogens (tertiary/aromatic N) is 1. The third-order valence-corrected chi connectivity index (χ3v) is 5.98. The van der Waals surface area contributed by atoms with E-state index in [1.807, 2.05) is 45.0 Å². The summed E-state index contributed by atoms with van der Waals surface area (Å²) >= 11 is 0. The summed E-state index contributed by atoms with van der Waals surface area (Å²) in [5.74, 6) is -0.506. The van der Waals surface area contributed by atoms with E-state index in [2.05, 4.69) is 15.5 Å². The summed E-state index contributed by atoms with van der Waals surface area (Å²) in [7, 11) is 0. The second kappa shape index (κ2) is 10.6. The van der Waals surface area contributed by atoms with Crippen molar-refractivity contribution >= 4 is 29.1 Å². The molecule has 0 bridgehead atoms. The number of piperidine rings is 1. The second-order valence-electron chi connectivity index (χ2n) is 9.70. The van der Waals surface area contributed by atoms with Crippen LogP contribution in [0.2, 0.25) is 0 Å². The van der Waals surface area contributed by atoms with Crippen LogP contribution in [-0.2, 0) is 16.0 Å². The highest BCUT2D eigenvalue weighted by Gasteiger charge is 2.23. The molecule has 0 spiro atoms. The average molecular weight is 451 g/mol. The van der Waals surface area contributed by atoms with E-state index in [1.165, 1.54) is 5.56 Å². The number of primary amides is 1. The number of carbonyl (C=O) groups is 3. The molecule has 7 nitrogen and oxygen atoms in total. The van der Waals surface area contributed by atoms with Crippen LogP contribution in [-0.4, -0.2) is 42.3 Å². The highest BCUT2D eigenvalue weighted by atomic mass is 16.2. The first kappa shape index (κ1) is 24.5. The van der Waals surface area contributed by atoms with Crippen molar-refractivity contribution in [3.8, 4) is 0 Å². The first-order chi connectivity index (χ1) is 15.6. The number of carbonyl (C=O) groups excluding carboxylic acids is 3. The summed E-state index contributed by atoms with van der Waals surface area (Å²) < 4.78 is 0. The van der Waals surface area contributed by atoms with Crippen LogP contribution in [0.4, 0.5) is 11.4 Å². The molecule has 0 aromatic heterocycles. The molecule has 2 aromatic carbocycles. The molecule has 33 heavy (non-hydrogen) atoms. The Morgan fingerprint density at radius 1 is 0.970 bits per heavy atom. The molecule has 176 valence electrons. The van der Waals surface area contributed by atoms with Crippen molar-refractivity contribution in [2.45, 2.75) is 40.0 Å². The summed E-state index contributed by atoms with van der Waals surface area (Å²) in [4.78, 5) is 38.5. The Morgan fingerprint density at radius 2 is 1.64 bits per heavy atom. The lowest BCUT2D eigenvalue weighted by atomic mass is 9.95. The van der Waals surface area contributed by atoms with Gasteiger partial charge in [-0.1, -0.05) is 39.0 Å². The highest BCUT2D eigenvalue weighted by Crippen LogP contribution is 2.20. The number of nitrogens with two attached hydrogens (primary N) is 1. The standard InChI is InChI=1S/C26H34N4O3/c1-26(2,3)25(33)29-22-6-4-5-20(17-22)24(32)28-21-9-7-18(8-10-21)11-14-30-15-12-19(13-16-30)23(27)31/h4-10,17,19H,11-16H2,1-3H3,(H2,27,31)(H,28,32)(H,29,33). The van der Waals surface area contributed by atoms with E-state index >= 15 is 0 Å². The topological polar surface area (TPSA) is 105 Å². The fourth-order valence-electron chi connectivity index (χ4n) is 3.74. The largest absolute Gasteiger partial charge is 0.369 e. The Bertz CT molecular complexity index is 987. The van der Waals surface area contributed by atoms with Gasteiger partial charge in [0.25, 0.3) is 5.91 Å². The number of nitrogens with one attached hydrogen (secondary N) is 2. The molecule has 2 aromatic rings. The van der Waals surface area contributed by atoms with Crippen LogP contribution in [0, 0.1) is 11.3 Å². The average Bonchev–Trinajstić information content (AvgIpc) is 2.78. The number of anilines is 2. The fourth-order valence-corrected chi connectivity index (χ4v) is 3.74. The summed E-state index contributed by atoms with van der Waals surface area (Å²) in [6.07, 6.45) is 2.58. The van der Waals surface area contributed by atoms with E-state index in [4.69, 9.17) is 5.73 Å². The molecule has 1 fully saturated rings. The number of hydrogen-bond acceptors (Lipinski definition) is 4. The van der Waals surface area contributed by atoms with E-state index in [0.717, 1.165) is 44.6 Å². The molecule has 3 rings (SSSR count). The zero-order chi connectivity index (χ0) is 24.0. The lowest BCUT2D eigenvalue weighted by molar-refractivity contribution is -0.123. The van der Waals surface area contributed by atoms with Gasteiger partial charge in [0.15, 0.2) is 0 Å². The van der Waals surface area contributed by atoms with Gasteiger partial charge in [-0.25, -0.2) is 0 Å². The quantitative estimate of drug-likeness (QED) is 0.599. The van der Waals surface area contributed by atoms with Crippen LogP contribution in [0.15, 0.2) is 48.5 Å². The van der Waals surface area contributed by atoms with Crippen molar-refractivity contribution in [2.75, 3.05) is 30.3 Å². The Kier molecular flexibility index (Phi) is 7.87. The number of hydrogen-bond donors (Lipinski definition) is 3. The lowest BCUT2D eigenvalue weighted by Crippen LogP contribution is -2.39. The summed E-state index contributed by atoms with van der Waals surface area (Å²) in [6.45, 7) is 8.26. The predicted molar refractivity (Wildman–Crippen MR) is 131 cm³/mol. The van der Waals surface area contributed by atoms with Crippen molar-refractivity contribution in [1.82, 2.24) is 4.90 Å². The molecular formula is C26H34N4O3. The fraction of sp³-hybridized carbons (Fsp3) is 0.423. The molecule has 4 N–H and O–H groups in total. The van der Waals surface area contributed by atoms with Gasteiger partial charge >= 0.3 is 0 Å². The van der Waals surface area contributed by atoms with E-state index in [9.17, 15) is 14.4 Å². The van der Waals surface area contributed by atoms with E-state index < -0.39 is 5.41 Å². The highest BCUT2D eigenvalue weighted by molar-refractivity contribution is 6.05. The number of likely N-dealkylation sites (tertiary alicyclic amines) is 1. The molecule has 1 aliphatic heterocycles. The molecule has 7 heteroatoms. The number of benzene rings is 2. The monoisotopic (exact) mass is 450 g/mol.